The fraction of sp³-hybridized carbons (Fsp3) is 0.773. The van der Waals surface area contributed by atoms with Gasteiger partial charge in [0.15, 0.2) is 6.23 Å². The van der Waals surface area contributed by atoms with Gasteiger partial charge in [0.05, 0.1) is 24.9 Å². The Kier molecular flexibility index (Phi) is 13.0. The predicted octanol–water partition coefficient (Wildman–Crippen LogP) is -4.88. The Morgan fingerprint density at radius 1 is 1.11 bits per heavy atom. The molecule has 44 heavy (non-hydrogen) atoms. The maximum absolute atomic E-state index is 12.6. The molecule has 1 amide bonds. The third-order valence-corrected chi connectivity index (χ3v) is 9.70. The molecule has 0 spiro atoms. The Labute approximate surface area is 249 Å². The van der Waals surface area contributed by atoms with Crippen LogP contribution in [0.15, 0.2) is 21.9 Å². The van der Waals surface area contributed by atoms with Crippen molar-refractivity contribution in [3.8, 4) is 0 Å². The van der Waals surface area contributed by atoms with Crippen LogP contribution in [-0.2, 0) is 32.0 Å². The molecule has 1 aliphatic heterocycles. The van der Waals surface area contributed by atoms with Gasteiger partial charge in [-0.15, -0.1) is 0 Å². The van der Waals surface area contributed by atoms with Gasteiger partial charge in [-0.25, -0.2) is 9.11 Å². The van der Waals surface area contributed by atoms with Crippen LogP contribution in [0.4, 0.5) is 0 Å². The van der Waals surface area contributed by atoms with E-state index in [2.05, 4.69) is 19.5 Å². The number of carbonyl (C=O) groups is 1. The molecule has 2 fully saturated rings. The van der Waals surface area contributed by atoms with Crippen molar-refractivity contribution in [2.75, 3.05) is 26.8 Å². The van der Waals surface area contributed by atoms with Gasteiger partial charge in [-0.2, -0.15) is 0 Å². The Balaban J connectivity index is 1.64. The molecule has 0 aromatic carbocycles. The smallest absolute Gasteiger partial charge is 0.330 e. The first-order chi connectivity index (χ1) is 20.6. The lowest BCUT2D eigenvalue weighted by Gasteiger charge is -2.44. The van der Waals surface area contributed by atoms with Crippen LogP contribution in [0.5, 0.6) is 0 Å². The number of aliphatic hydroxyl groups is 5. The van der Waals surface area contributed by atoms with Gasteiger partial charge in [0, 0.05) is 31.2 Å². The molecule has 2 aliphatic rings. The zero-order valence-electron chi connectivity index (χ0n) is 23.4. The second-order valence-corrected chi connectivity index (χ2v) is 13.2. The highest BCUT2D eigenvalue weighted by Gasteiger charge is 2.47. The van der Waals surface area contributed by atoms with Crippen molar-refractivity contribution in [3.63, 3.8) is 0 Å². The number of rotatable bonds is 15. The minimum absolute atomic E-state index is 0.0201. The largest absolute Gasteiger partial charge is 0.756 e. The van der Waals surface area contributed by atoms with E-state index in [9.17, 15) is 58.8 Å². The molecule has 1 aromatic heterocycles. The Morgan fingerprint density at radius 2 is 1.82 bits per heavy atom. The molecule has 0 radical (unpaired) electrons. The lowest BCUT2D eigenvalue weighted by Crippen LogP contribution is -2.61. The lowest BCUT2D eigenvalue weighted by molar-refractivity contribution is -0.250. The van der Waals surface area contributed by atoms with Crippen LogP contribution in [0.25, 0.3) is 0 Å². The van der Waals surface area contributed by atoms with E-state index in [1.54, 1.807) is 7.05 Å². The van der Waals surface area contributed by atoms with E-state index in [4.69, 9.17) is 9.26 Å². The van der Waals surface area contributed by atoms with Crippen molar-refractivity contribution >= 4 is 21.6 Å². The molecule has 8 N–H and O–H groups in total. The van der Waals surface area contributed by atoms with Crippen LogP contribution in [-0.4, -0.2) is 110 Å². The van der Waals surface area contributed by atoms with Gasteiger partial charge >= 0.3 is 5.69 Å². The summed E-state index contributed by atoms with van der Waals surface area (Å²) in [6, 6.07) is -0.617. The SMILES string of the molecule is CNCCCCC(=O)NC1[C@@H](OP(=O)([O-])OP(=O)([O-])OCC2OC(n3ccc(=O)[nH]c3=O)C(O)C2O)CC(CO)[C@H](O)[C@@H]1O. The topological polar surface area (TPSA) is 314 Å². The molecule has 8 unspecified atom stereocenters. The first kappa shape index (κ1) is 36.6. The summed E-state index contributed by atoms with van der Waals surface area (Å²) in [5.41, 5.74) is -1.77. The van der Waals surface area contributed by atoms with Gasteiger partial charge < -0.3 is 59.7 Å². The van der Waals surface area contributed by atoms with Gasteiger partial charge in [0.1, 0.15) is 24.4 Å². The van der Waals surface area contributed by atoms with Crippen molar-refractivity contribution in [1.82, 2.24) is 20.2 Å². The van der Waals surface area contributed by atoms with E-state index in [0.717, 1.165) is 16.8 Å². The third-order valence-electron chi connectivity index (χ3n) is 7.10. The summed E-state index contributed by atoms with van der Waals surface area (Å²) in [4.78, 5) is 62.6. The second-order valence-electron chi connectivity index (χ2n) is 10.3. The van der Waals surface area contributed by atoms with Gasteiger partial charge in [0.25, 0.3) is 21.2 Å². The molecule has 11 atom stereocenters. The van der Waals surface area contributed by atoms with Crippen LogP contribution < -0.4 is 31.7 Å². The van der Waals surface area contributed by atoms with E-state index in [1.807, 2.05) is 4.98 Å². The van der Waals surface area contributed by atoms with E-state index < -0.39 is 107 Å². The van der Waals surface area contributed by atoms with E-state index >= 15 is 0 Å². The average Bonchev–Trinajstić information content (AvgIpc) is 3.22. The lowest BCUT2D eigenvalue weighted by atomic mass is 9.79. The number of phosphoric ester groups is 2. The molecular formula is C22H36N4O16P2-2. The van der Waals surface area contributed by atoms with Crippen LogP contribution in [0.1, 0.15) is 31.9 Å². The molecule has 252 valence electrons. The standard InChI is InChI=1S/C22H38N4O16P2/c1-23-6-3-2-4-14(28)24-16-12(8-11(9-27)17(30)19(16)32)41-44(37,38)42-43(35,36)39-10-13-18(31)20(33)21(40-13)26-7-5-15(29)25-22(26)34/h5,7,11-13,16-21,23,27,30-33H,2-4,6,8-10H2,1H3,(H,24,28)(H,35,36)(H,37,38)(H,25,29,34)/p-2/t11?,12-,13?,16?,17-,18?,19+,20?,21?/m0/s1. The fourth-order valence-corrected chi connectivity index (χ4v) is 7.03. The summed E-state index contributed by atoms with van der Waals surface area (Å²) >= 11 is 0. The number of carbonyl (C=O) groups excluding carboxylic acids is 1. The normalized spacial score (nSPS) is 33.4. The number of hydrogen-bond donors (Lipinski definition) is 8. The van der Waals surface area contributed by atoms with Crippen molar-refractivity contribution in [2.24, 2.45) is 5.92 Å². The number of nitrogens with zero attached hydrogens (tertiary/aromatic N) is 1. The van der Waals surface area contributed by atoms with E-state index in [0.29, 0.717) is 19.4 Å². The molecule has 20 nitrogen and oxygen atoms in total. The van der Waals surface area contributed by atoms with Gasteiger partial charge in [-0.05, 0) is 32.9 Å². The van der Waals surface area contributed by atoms with Crippen LogP contribution in [0.3, 0.4) is 0 Å². The zero-order valence-corrected chi connectivity index (χ0v) is 25.2. The van der Waals surface area contributed by atoms with Gasteiger partial charge in [-0.1, -0.05) is 0 Å². The summed E-state index contributed by atoms with van der Waals surface area (Å²) in [6.07, 6.45) is -10.3. The summed E-state index contributed by atoms with van der Waals surface area (Å²) in [7, 11) is -9.93. The Morgan fingerprint density at radius 3 is 2.45 bits per heavy atom. The van der Waals surface area contributed by atoms with Crippen LogP contribution >= 0.6 is 15.6 Å². The van der Waals surface area contributed by atoms with Gasteiger partial charge in [-0.3, -0.25) is 28.3 Å². The number of aromatic nitrogens is 2. The number of amides is 1. The molecule has 1 saturated heterocycles. The first-order valence-corrected chi connectivity index (χ1v) is 16.4. The number of hydrogen-bond acceptors (Lipinski definition) is 17. The Bertz CT molecular complexity index is 1330. The summed E-state index contributed by atoms with van der Waals surface area (Å²) in [5, 5.41) is 56.2. The molecule has 1 aromatic rings. The number of aromatic amines is 1. The molecule has 2 heterocycles. The van der Waals surface area contributed by atoms with Crippen molar-refractivity contribution in [2.45, 2.75) is 74.6 Å². The summed E-state index contributed by atoms with van der Waals surface area (Å²) in [5.74, 6) is -1.72. The number of aliphatic hydroxyl groups excluding tert-OH is 5. The number of phosphoric acid groups is 2. The average molecular weight is 674 g/mol. The van der Waals surface area contributed by atoms with Crippen molar-refractivity contribution in [3.05, 3.63) is 33.1 Å². The van der Waals surface area contributed by atoms with E-state index in [-0.39, 0.29) is 6.42 Å². The monoisotopic (exact) mass is 674 g/mol. The predicted molar refractivity (Wildman–Crippen MR) is 141 cm³/mol. The zero-order chi connectivity index (χ0) is 32.8. The summed E-state index contributed by atoms with van der Waals surface area (Å²) in [6.45, 7) is -1.18. The highest BCUT2D eigenvalue weighted by Crippen LogP contribution is 2.57. The third kappa shape index (κ3) is 9.57. The van der Waals surface area contributed by atoms with Gasteiger partial charge in [0.2, 0.25) is 5.91 Å². The minimum Gasteiger partial charge on any atom is -0.756 e. The first-order valence-electron chi connectivity index (χ1n) is 13.5. The molecule has 1 saturated carbocycles. The van der Waals surface area contributed by atoms with Crippen molar-refractivity contribution in [1.29, 1.82) is 0 Å². The highest BCUT2D eigenvalue weighted by atomic mass is 31.3. The number of ether oxygens (including phenoxy) is 1. The Hall–Kier alpha value is -1.87. The van der Waals surface area contributed by atoms with Crippen molar-refractivity contribution < 1.29 is 67.3 Å². The van der Waals surface area contributed by atoms with E-state index in [1.165, 1.54) is 0 Å². The molecule has 3 rings (SSSR count). The maximum atomic E-state index is 12.6. The molecule has 0 bridgehead atoms. The molecular weight excluding hydrogens is 638 g/mol. The minimum atomic E-state index is -5.85. The second kappa shape index (κ2) is 15.6. The highest BCUT2D eigenvalue weighted by molar-refractivity contribution is 7.59. The fourth-order valence-electron chi connectivity index (χ4n) is 4.83. The van der Waals surface area contributed by atoms with Crippen LogP contribution in [0.2, 0.25) is 0 Å². The summed E-state index contributed by atoms with van der Waals surface area (Å²) < 4.78 is 44.5. The number of H-pyrrole nitrogens is 1. The quantitative estimate of drug-likeness (QED) is 0.0638. The number of nitrogens with one attached hydrogen (secondary N) is 3. The molecule has 22 heteroatoms. The van der Waals surface area contributed by atoms with Crippen LogP contribution in [0, 0.1) is 5.92 Å². The molecule has 1 aliphatic carbocycles. The maximum Gasteiger partial charge on any atom is 0.330 e. The number of unbranched alkanes of at least 4 members (excludes halogenated alkanes) is 1.